The molecule has 0 heterocycles. The first kappa shape index (κ1) is 22.9. The number of hydrazine groups is 1. The van der Waals surface area contributed by atoms with Crippen molar-refractivity contribution in [2.24, 2.45) is 0 Å². The van der Waals surface area contributed by atoms with Gasteiger partial charge in [-0.25, -0.2) is 0 Å². The van der Waals surface area contributed by atoms with E-state index in [1.54, 1.807) is 12.1 Å². The summed E-state index contributed by atoms with van der Waals surface area (Å²) in [6.07, 6.45) is 0. The van der Waals surface area contributed by atoms with Crippen molar-refractivity contribution in [1.82, 2.24) is 10.9 Å². The van der Waals surface area contributed by atoms with E-state index in [4.69, 9.17) is 4.74 Å². The molecule has 0 spiro atoms. The van der Waals surface area contributed by atoms with Crippen molar-refractivity contribution in [3.63, 3.8) is 0 Å². The molecule has 2 amide bonds. The number of amides is 2. The van der Waals surface area contributed by atoms with E-state index in [-0.39, 0.29) is 23.8 Å². The molecule has 0 aliphatic rings. The molecule has 6 heteroatoms. The summed E-state index contributed by atoms with van der Waals surface area (Å²) in [5.41, 5.74) is 8.49. The lowest BCUT2D eigenvalue weighted by Gasteiger charge is -2.19. The summed E-state index contributed by atoms with van der Waals surface area (Å²) in [5, 5.41) is 0. The summed E-state index contributed by atoms with van der Waals surface area (Å²) in [4.78, 5) is 24.3. The van der Waals surface area contributed by atoms with E-state index in [9.17, 15) is 9.59 Å². The van der Waals surface area contributed by atoms with Crippen LogP contribution in [0.25, 0.3) is 0 Å². The van der Waals surface area contributed by atoms with Crippen LogP contribution >= 0.6 is 15.9 Å². The SMILES string of the molecule is Cc1cc(OCC(=O)NNC(=O)c2ccc(C(C)(C)C)cc2)c(C(C)C)cc1Br. The van der Waals surface area contributed by atoms with E-state index in [2.05, 4.69) is 61.4 Å². The van der Waals surface area contributed by atoms with Gasteiger partial charge in [0.1, 0.15) is 5.75 Å². The van der Waals surface area contributed by atoms with Crippen LogP contribution in [0.2, 0.25) is 0 Å². The number of hydrogen-bond acceptors (Lipinski definition) is 3. The van der Waals surface area contributed by atoms with E-state index >= 15 is 0 Å². The smallest absolute Gasteiger partial charge is 0.276 e. The molecule has 0 bridgehead atoms. The van der Waals surface area contributed by atoms with Crippen molar-refractivity contribution in [3.8, 4) is 5.75 Å². The quantitative estimate of drug-likeness (QED) is 0.615. The lowest BCUT2D eigenvalue weighted by atomic mass is 9.87. The standard InChI is InChI=1S/C23H29BrN2O3/c1-14(2)18-12-19(24)15(3)11-20(18)29-13-21(27)25-26-22(28)16-7-9-17(10-8-16)23(4,5)6/h7-12,14H,13H2,1-6H3,(H,25,27)(H,26,28). The largest absolute Gasteiger partial charge is 0.483 e. The van der Waals surface area contributed by atoms with E-state index in [0.29, 0.717) is 11.3 Å². The highest BCUT2D eigenvalue weighted by molar-refractivity contribution is 9.10. The Hall–Kier alpha value is -2.34. The van der Waals surface area contributed by atoms with E-state index in [1.165, 1.54) is 0 Å². The van der Waals surface area contributed by atoms with Crippen LogP contribution in [0.5, 0.6) is 5.75 Å². The molecule has 0 radical (unpaired) electrons. The van der Waals surface area contributed by atoms with Crippen molar-refractivity contribution in [1.29, 1.82) is 0 Å². The molecule has 29 heavy (non-hydrogen) atoms. The summed E-state index contributed by atoms with van der Waals surface area (Å²) >= 11 is 3.52. The lowest BCUT2D eigenvalue weighted by molar-refractivity contribution is -0.123. The highest BCUT2D eigenvalue weighted by Gasteiger charge is 2.15. The van der Waals surface area contributed by atoms with E-state index in [0.717, 1.165) is 21.2 Å². The molecule has 2 N–H and O–H groups in total. The second-order valence-electron chi connectivity index (χ2n) is 8.41. The third kappa shape index (κ3) is 6.32. The Morgan fingerprint density at radius 2 is 1.69 bits per heavy atom. The normalized spacial score (nSPS) is 11.3. The second-order valence-corrected chi connectivity index (χ2v) is 9.27. The van der Waals surface area contributed by atoms with Crippen molar-refractivity contribution >= 4 is 27.7 Å². The molecule has 0 fully saturated rings. The highest BCUT2D eigenvalue weighted by atomic mass is 79.9. The third-order valence-electron chi connectivity index (χ3n) is 4.60. The maximum atomic E-state index is 12.2. The van der Waals surface area contributed by atoms with Gasteiger partial charge < -0.3 is 4.74 Å². The van der Waals surface area contributed by atoms with Gasteiger partial charge in [0.05, 0.1) is 0 Å². The molecule has 2 aromatic rings. The number of ether oxygens (including phenoxy) is 1. The first-order chi connectivity index (χ1) is 13.5. The zero-order valence-corrected chi connectivity index (χ0v) is 19.4. The average Bonchev–Trinajstić information content (AvgIpc) is 2.65. The van der Waals surface area contributed by atoms with Gasteiger partial charge in [-0.15, -0.1) is 0 Å². The Balaban J connectivity index is 1.92. The molecular formula is C23H29BrN2O3. The Bertz CT molecular complexity index is 884. The topological polar surface area (TPSA) is 67.4 Å². The molecule has 0 saturated carbocycles. The maximum Gasteiger partial charge on any atom is 0.276 e. The zero-order valence-electron chi connectivity index (χ0n) is 17.9. The van der Waals surface area contributed by atoms with Gasteiger partial charge in [0.15, 0.2) is 6.61 Å². The fraction of sp³-hybridized carbons (Fsp3) is 0.391. The number of halogens is 1. The number of nitrogens with one attached hydrogen (secondary N) is 2. The van der Waals surface area contributed by atoms with Crippen LogP contribution in [0.4, 0.5) is 0 Å². The highest BCUT2D eigenvalue weighted by Crippen LogP contribution is 2.32. The van der Waals surface area contributed by atoms with Gasteiger partial charge in [-0.1, -0.05) is 62.7 Å². The van der Waals surface area contributed by atoms with Gasteiger partial charge in [-0.05, 0) is 59.2 Å². The molecule has 156 valence electrons. The molecule has 0 saturated heterocycles. The fourth-order valence-corrected chi connectivity index (χ4v) is 3.11. The van der Waals surface area contributed by atoms with Crippen molar-refractivity contribution in [2.75, 3.05) is 6.61 Å². The van der Waals surface area contributed by atoms with Crippen LogP contribution in [-0.2, 0) is 10.2 Å². The minimum atomic E-state index is -0.431. The van der Waals surface area contributed by atoms with Crippen LogP contribution in [0.1, 0.15) is 67.6 Å². The number of hydrogen-bond donors (Lipinski definition) is 2. The van der Waals surface area contributed by atoms with Crippen LogP contribution in [0, 0.1) is 6.92 Å². The second kappa shape index (κ2) is 9.44. The van der Waals surface area contributed by atoms with Crippen molar-refractivity contribution < 1.29 is 14.3 Å². The van der Waals surface area contributed by atoms with Crippen LogP contribution in [0.15, 0.2) is 40.9 Å². The van der Waals surface area contributed by atoms with E-state index in [1.807, 2.05) is 31.2 Å². The minimum Gasteiger partial charge on any atom is -0.483 e. The van der Waals surface area contributed by atoms with Gasteiger partial charge in [-0.2, -0.15) is 0 Å². The summed E-state index contributed by atoms with van der Waals surface area (Å²) in [5.74, 6) is 0.113. The Morgan fingerprint density at radius 3 is 2.24 bits per heavy atom. The zero-order chi connectivity index (χ0) is 21.8. The molecular weight excluding hydrogens is 432 g/mol. The number of aryl methyl sites for hydroxylation is 1. The van der Waals surface area contributed by atoms with Gasteiger partial charge in [0, 0.05) is 10.0 Å². The number of carbonyl (C=O) groups is 2. The van der Waals surface area contributed by atoms with Crippen LogP contribution < -0.4 is 15.6 Å². The molecule has 2 rings (SSSR count). The van der Waals surface area contributed by atoms with Crippen molar-refractivity contribution in [3.05, 3.63) is 63.1 Å². The van der Waals surface area contributed by atoms with E-state index < -0.39 is 5.91 Å². The first-order valence-corrected chi connectivity index (χ1v) is 10.4. The van der Waals surface area contributed by atoms with Gasteiger partial charge in [0.25, 0.3) is 11.8 Å². The minimum absolute atomic E-state index is 0.0147. The van der Waals surface area contributed by atoms with Gasteiger partial charge >= 0.3 is 0 Å². The summed E-state index contributed by atoms with van der Waals surface area (Å²) in [7, 11) is 0. The van der Waals surface area contributed by atoms with Crippen LogP contribution in [-0.4, -0.2) is 18.4 Å². The number of benzene rings is 2. The van der Waals surface area contributed by atoms with Crippen molar-refractivity contribution in [2.45, 2.75) is 52.9 Å². The predicted octanol–water partition coefficient (Wildman–Crippen LogP) is 5.02. The summed E-state index contributed by atoms with van der Waals surface area (Å²) < 4.78 is 6.71. The molecule has 0 aliphatic carbocycles. The first-order valence-electron chi connectivity index (χ1n) is 9.61. The summed E-state index contributed by atoms with van der Waals surface area (Å²) in [6, 6.07) is 11.3. The van der Waals surface area contributed by atoms with Gasteiger partial charge in [0.2, 0.25) is 0 Å². The molecule has 5 nitrogen and oxygen atoms in total. The molecule has 0 aliphatic heterocycles. The predicted molar refractivity (Wildman–Crippen MR) is 119 cm³/mol. The lowest BCUT2D eigenvalue weighted by Crippen LogP contribution is -2.43. The van der Waals surface area contributed by atoms with Gasteiger partial charge in [-0.3, -0.25) is 20.4 Å². The Kier molecular flexibility index (Phi) is 7.47. The van der Waals surface area contributed by atoms with Crippen LogP contribution in [0.3, 0.4) is 0 Å². The Labute approximate surface area is 181 Å². The monoisotopic (exact) mass is 460 g/mol. The number of rotatable bonds is 5. The molecule has 0 atom stereocenters. The fourth-order valence-electron chi connectivity index (χ4n) is 2.75. The number of carbonyl (C=O) groups excluding carboxylic acids is 2. The summed E-state index contributed by atoms with van der Waals surface area (Å²) in [6.45, 7) is 12.2. The average molecular weight is 461 g/mol. The maximum absolute atomic E-state index is 12.2. The molecule has 0 aromatic heterocycles. The Morgan fingerprint density at radius 1 is 1.07 bits per heavy atom. The molecule has 0 unspecified atom stereocenters. The third-order valence-corrected chi connectivity index (χ3v) is 5.45. The molecule has 2 aromatic carbocycles.